The summed E-state index contributed by atoms with van der Waals surface area (Å²) in [6.07, 6.45) is 0. The maximum Gasteiger partial charge on any atom is 0.160 e. The molecule has 142 valence electrons. The number of nitrogens with zero attached hydrogens (tertiary/aromatic N) is 3. The second-order valence-electron chi connectivity index (χ2n) is 7.03. The van der Waals surface area contributed by atoms with Crippen LogP contribution in [0.15, 0.2) is 42.5 Å². The van der Waals surface area contributed by atoms with Gasteiger partial charge in [0.2, 0.25) is 0 Å². The molecule has 4 rings (SSSR count). The van der Waals surface area contributed by atoms with Gasteiger partial charge in [0, 0.05) is 19.0 Å². The lowest BCUT2D eigenvalue weighted by atomic mass is 10.0. The molecule has 27 heavy (non-hydrogen) atoms. The Morgan fingerprint density at radius 1 is 1.04 bits per heavy atom. The quantitative estimate of drug-likeness (QED) is 0.491. The Bertz CT molecular complexity index is 1110. The highest BCUT2D eigenvalue weighted by Gasteiger charge is 2.21. The summed E-state index contributed by atoms with van der Waals surface area (Å²) in [5.41, 5.74) is 4.89. The molecule has 0 amide bonds. The molecule has 2 aromatic carbocycles. The zero-order chi connectivity index (χ0) is 18.3. The summed E-state index contributed by atoms with van der Waals surface area (Å²) in [6, 6.07) is 14.1. The van der Waals surface area contributed by atoms with Crippen LogP contribution in [0.4, 0.5) is 0 Å². The molecule has 0 aliphatic rings. The average Bonchev–Trinajstić information content (AvgIpc) is 2.96. The Labute approximate surface area is 163 Å². The molecule has 2 heterocycles. The third kappa shape index (κ3) is 3.37. The van der Waals surface area contributed by atoms with E-state index in [0.717, 1.165) is 38.7 Å². The van der Waals surface area contributed by atoms with Gasteiger partial charge in [-0.3, -0.25) is 0 Å². The van der Waals surface area contributed by atoms with E-state index < -0.39 is 5.54 Å². The van der Waals surface area contributed by atoms with Crippen molar-refractivity contribution in [3.63, 3.8) is 0 Å². The minimum atomic E-state index is -0.708. The lowest BCUT2D eigenvalue weighted by Gasteiger charge is -2.26. The molecule has 2 aromatic heterocycles. The molecule has 0 aliphatic carbocycles. The van der Waals surface area contributed by atoms with Gasteiger partial charge in [-0.25, -0.2) is 9.97 Å². The van der Waals surface area contributed by atoms with E-state index in [1.165, 1.54) is 0 Å². The predicted molar refractivity (Wildman–Crippen MR) is 110 cm³/mol. The molecule has 0 saturated heterocycles. The van der Waals surface area contributed by atoms with Crippen molar-refractivity contribution in [3.8, 4) is 0 Å². The molecule has 0 bridgehead atoms. The fourth-order valence-electron chi connectivity index (χ4n) is 3.17. The lowest BCUT2D eigenvalue weighted by Crippen LogP contribution is -2.48. The summed E-state index contributed by atoms with van der Waals surface area (Å²) in [5, 5.41) is 23.1. The summed E-state index contributed by atoms with van der Waals surface area (Å²) in [5.74, 6) is 0. The number of aliphatic hydroxyl groups is 2. The van der Waals surface area contributed by atoms with Crippen molar-refractivity contribution in [2.24, 2.45) is 7.05 Å². The van der Waals surface area contributed by atoms with Crippen LogP contribution in [-0.4, -0.2) is 43.5 Å². The van der Waals surface area contributed by atoms with Crippen molar-refractivity contribution in [1.29, 1.82) is 0 Å². The van der Waals surface area contributed by atoms with E-state index in [4.69, 9.17) is 9.97 Å². The Hall–Kier alpha value is -2.25. The zero-order valence-corrected chi connectivity index (χ0v) is 16.1. The van der Waals surface area contributed by atoms with Crippen molar-refractivity contribution in [3.05, 3.63) is 48.0 Å². The first-order chi connectivity index (χ1) is 12.5. The van der Waals surface area contributed by atoms with Crippen LogP contribution >= 0.6 is 12.4 Å². The van der Waals surface area contributed by atoms with E-state index in [1.54, 1.807) is 6.92 Å². The molecular weight excluding hydrogens is 364 g/mol. The first-order valence-corrected chi connectivity index (χ1v) is 8.65. The monoisotopic (exact) mass is 386 g/mol. The minimum absolute atomic E-state index is 0. The predicted octanol–water partition coefficient (Wildman–Crippen LogP) is 2.53. The Morgan fingerprint density at radius 3 is 2.52 bits per heavy atom. The fourth-order valence-corrected chi connectivity index (χ4v) is 3.17. The van der Waals surface area contributed by atoms with Crippen LogP contribution in [-0.2, 0) is 13.6 Å². The topological polar surface area (TPSA) is 83.2 Å². The third-order valence-corrected chi connectivity index (χ3v) is 4.97. The van der Waals surface area contributed by atoms with Crippen LogP contribution in [0.2, 0.25) is 0 Å². The highest BCUT2D eigenvalue weighted by atomic mass is 35.5. The number of nitrogens with one attached hydrogen (secondary N) is 1. The minimum Gasteiger partial charge on any atom is -0.394 e. The highest BCUT2D eigenvalue weighted by molar-refractivity contribution is 6.06. The van der Waals surface area contributed by atoms with Crippen LogP contribution in [0.3, 0.4) is 0 Å². The van der Waals surface area contributed by atoms with Gasteiger partial charge in [-0.05, 0) is 30.7 Å². The molecule has 0 radical (unpaired) electrons. The largest absolute Gasteiger partial charge is 0.394 e. The summed E-state index contributed by atoms with van der Waals surface area (Å²) < 4.78 is 2.07. The lowest BCUT2D eigenvalue weighted by molar-refractivity contribution is 0.103. The second-order valence-corrected chi connectivity index (χ2v) is 7.03. The Morgan fingerprint density at radius 2 is 1.78 bits per heavy atom. The Kier molecular flexibility index (Phi) is 5.35. The van der Waals surface area contributed by atoms with Crippen LogP contribution in [0.1, 0.15) is 12.5 Å². The van der Waals surface area contributed by atoms with Gasteiger partial charge in [0.25, 0.3) is 0 Å². The maximum atomic E-state index is 9.41. The van der Waals surface area contributed by atoms with Gasteiger partial charge >= 0.3 is 0 Å². The molecule has 0 spiro atoms. The molecule has 7 heteroatoms. The van der Waals surface area contributed by atoms with Crippen molar-refractivity contribution >= 4 is 45.5 Å². The maximum absolute atomic E-state index is 9.41. The van der Waals surface area contributed by atoms with E-state index in [1.807, 2.05) is 37.4 Å². The van der Waals surface area contributed by atoms with E-state index >= 15 is 0 Å². The van der Waals surface area contributed by atoms with E-state index in [9.17, 15) is 10.2 Å². The number of fused-ring (bicyclic) bond motifs is 4. The van der Waals surface area contributed by atoms with Crippen molar-refractivity contribution in [2.75, 3.05) is 13.2 Å². The number of halogens is 1. The van der Waals surface area contributed by atoms with Gasteiger partial charge in [0.1, 0.15) is 5.52 Å². The molecule has 0 fully saturated rings. The number of hydrogen-bond acceptors (Lipinski definition) is 5. The van der Waals surface area contributed by atoms with Gasteiger partial charge in [0.15, 0.2) is 5.65 Å². The molecule has 6 nitrogen and oxygen atoms in total. The first kappa shape index (κ1) is 19.5. The fraction of sp³-hybridized carbons (Fsp3) is 0.300. The molecular formula is C20H23ClN4O2. The van der Waals surface area contributed by atoms with E-state index in [2.05, 4.69) is 22.0 Å². The summed E-state index contributed by atoms with van der Waals surface area (Å²) in [7, 11) is 2.00. The summed E-state index contributed by atoms with van der Waals surface area (Å²) in [4.78, 5) is 9.66. The molecule has 0 saturated carbocycles. The summed E-state index contributed by atoms with van der Waals surface area (Å²) >= 11 is 0. The van der Waals surface area contributed by atoms with Crippen molar-refractivity contribution in [2.45, 2.75) is 19.0 Å². The van der Waals surface area contributed by atoms with Crippen LogP contribution < -0.4 is 5.32 Å². The van der Waals surface area contributed by atoms with Crippen LogP contribution in [0.5, 0.6) is 0 Å². The second kappa shape index (κ2) is 7.40. The number of rotatable bonds is 5. The smallest absolute Gasteiger partial charge is 0.160 e. The normalized spacial score (nSPS) is 12.0. The van der Waals surface area contributed by atoms with Crippen molar-refractivity contribution < 1.29 is 10.2 Å². The Balaban J connectivity index is 0.00000210. The molecule has 0 unspecified atom stereocenters. The number of aliphatic hydroxyl groups excluding tert-OH is 2. The van der Waals surface area contributed by atoms with Gasteiger partial charge in [0.05, 0.1) is 35.3 Å². The zero-order valence-electron chi connectivity index (χ0n) is 15.3. The number of aromatic nitrogens is 3. The number of hydrogen-bond donors (Lipinski definition) is 3. The molecule has 0 aliphatic heterocycles. The van der Waals surface area contributed by atoms with E-state index in [0.29, 0.717) is 6.54 Å². The number of aryl methyl sites for hydroxylation is 1. The van der Waals surface area contributed by atoms with Gasteiger partial charge < -0.3 is 20.1 Å². The number of benzene rings is 2. The first-order valence-electron chi connectivity index (χ1n) is 8.65. The summed E-state index contributed by atoms with van der Waals surface area (Å²) in [6.45, 7) is 2.05. The number of para-hydroxylation sites is 1. The average molecular weight is 387 g/mol. The third-order valence-electron chi connectivity index (χ3n) is 4.97. The molecule has 3 N–H and O–H groups in total. The van der Waals surface area contributed by atoms with Crippen molar-refractivity contribution in [1.82, 2.24) is 19.9 Å². The van der Waals surface area contributed by atoms with Gasteiger partial charge in [-0.2, -0.15) is 0 Å². The van der Waals surface area contributed by atoms with Crippen LogP contribution in [0.25, 0.3) is 33.1 Å². The SMILES string of the molecule is Cl.Cn1c2ccccc2c2nc3ccc(CNC(C)(CO)CO)cc3nc21. The molecule has 4 aromatic rings. The van der Waals surface area contributed by atoms with Gasteiger partial charge in [-0.1, -0.05) is 24.3 Å². The molecule has 0 atom stereocenters. The standard InChI is InChI=1S/C20H22N4O2.ClH/c1-20(11-25,12-26)21-10-13-7-8-15-16(9-13)23-19-18(22-15)14-5-3-4-6-17(14)24(19)2;/h3-9,21,25-26H,10-12H2,1-2H3;1H. The highest BCUT2D eigenvalue weighted by Crippen LogP contribution is 2.27. The van der Waals surface area contributed by atoms with Gasteiger partial charge in [-0.15, -0.1) is 12.4 Å². The van der Waals surface area contributed by atoms with Crippen LogP contribution in [0, 0.1) is 0 Å². The van der Waals surface area contributed by atoms with E-state index in [-0.39, 0.29) is 25.6 Å².